The van der Waals surface area contributed by atoms with Gasteiger partial charge in [0.2, 0.25) is 5.82 Å². The molecule has 2 rings (SSSR count). The van der Waals surface area contributed by atoms with E-state index in [4.69, 9.17) is 16.3 Å². The number of nitrogens with zero attached hydrogens (tertiary/aromatic N) is 4. The van der Waals surface area contributed by atoms with Crippen LogP contribution in [-0.4, -0.2) is 25.3 Å². The largest absolute Gasteiger partial charge is 0.485 e. The third-order valence-corrected chi connectivity index (χ3v) is 2.49. The molecule has 0 fully saturated rings. The van der Waals surface area contributed by atoms with Crippen LogP contribution in [0.15, 0.2) is 18.2 Å². The van der Waals surface area contributed by atoms with E-state index in [0.29, 0.717) is 22.2 Å². The number of aliphatic hydroxyl groups is 1. The number of hydrogen-bond donors (Lipinski definition) is 1. The average Bonchev–Trinajstić information content (AvgIpc) is 2.72. The first-order chi connectivity index (χ1) is 8.20. The molecule has 0 saturated heterocycles. The minimum absolute atomic E-state index is 0.178. The third kappa shape index (κ3) is 2.72. The van der Waals surface area contributed by atoms with Crippen molar-refractivity contribution in [2.75, 3.05) is 0 Å². The number of tetrazole rings is 1. The topological polar surface area (TPSA) is 73.1 Å². The van der Waals surface area contributed by atoms with Crippen LogP contribution in [0.5, 0.6) is 5.75 Å². The molecule has 0 radical (unpaired) electrons. The van der Waals surface area contributed by atoms with Gasteiger partial charge < -0.3 is 9.84 Å². The van der Waals surface area contributed by atoms with E-state index in [2.05, 4.69) is 15.4 Å². The Bertz CT molecular complexity index is 515. The van der Waals surface area contributed by atoms with Gasteiger partial charge in [-0.3, -0.25) is 0 Å². The van der Waals surface area contributed by atoms with Gasteiger partial charge in [-0.15, -0.1) is 10.2 Å². The Morgan fingerprint density at radius 2 is 2.29 bits per heavy atom. The summed E-state index contributed by atoms with van der Waals surface area (Å²) in [5.41, 5.74) is 0.554. The first-order valence-electron chi connectivity index (χ1n) is 4.94. The zero-order chi connectivity index (χ0) is 12.3. The van der Waals surface area contributed by atoms with E-state index in [1.54, 1.807) is 25.2 Å². The van der Waals surface area contributed by atoms with Crippen LogP contribution in [0.4, 0.5) is 0 Å². The smallest absolute Gasteiger partial charge is 0.212 e. The highest BCUT2D eigenvalue weighted by molar-refractivity contribution is 6.31. The Kier molecular flexibility index (Phi) is 3.55. The van der Waals surface area contributed by atoms with Crippen LogP contribution in [0.3, 0.4) is 0 Å². The summed E-state index contributed by atoms with van der Waals surface area (Å²) in [6, 6.07) is 5.18. The summed E-state index contributed by atoms with van der Waals surface area (Å²) in [5, 5.41) is 21.1. The van der Waals surface area contributed by atoms with Gasteiger partial charge in [-0.1, -0.05) is 17.7 Å². The number of halogens is 1. The summed E-state index contributed by atoms with van der Waals surface area (Å²) in [6.07, 6.45) is 0. The molecular weight excluding hydrogens is 244 g/mol. The highest BCUT2D eigenvalue weighted by Gasteiger charge is 2.08. The van der Waals surface area contributed by atoms with Crippen molar-refractivity contribution in [3.63, 3.8) is 0 Å². The second-order valence-corrected chi connectivity index (χ2v) is 3.77. The van der Waals surface area contributed by atoms with E-state index in [0.717, 1.165) is 0 Å². The first-order valence-corrected chi connectivity index (χ1v) is 5.32. The quantitative estimate of drug-likeness (QED) is 0.879. The fraction of sp³-hybridized carbons (Fsp3) is 0.300. The number of ether oxygens (including phenoxy) is 1. The van der Waals surface area contributed by atoms with Gasteiger partial charge >= 0.3 is 0 Å². The van der Waals surface area contributed by atoms with E-state index in [-0.39, 0.29) is 13.2 Å². The normalized spacial score (nSPS) is 10.5. The fourth-order valence-electron chi connectivity index (χ4n) is 1.35. The maximum Gasteiger partial charge on any atom is 0.212 e. The van der Waals surface area contributed by atoms with Gasteiger partial charge in [0.05, 0.1) is 13.7 Å². The van der Waals surface area contributed by atoms with Crippen LogP contribution in [0.2, 0.25) is 5.02 Å². The molecule has 0 bridgehead atoms. The molecule has 17 heavy (non-hydrogen) atoms. The number of hydrogen-bond acceptors (Lipinski definition) is 5. The molecule has 0 amide bonds. The van der Waals surface area contributed by atoms with Crippen LogP contribution in [0, 0.1) is 0 Å². The highest BCUT2D eigenvalue weighted by Crippen LogP contribution is 2.26. The molecule has 0 saturated carbocycles. The molecular formula is C10H11ClN4O2. The molecule has 0 aliphatic heterocycles. The Labute approximate surface area is 103 Å². The summed E-state index contributed by atoms with van der Waals surface area (Å²) in [4.78, 5) is 1.35. The Morgan fingerprint density at radius 3 is 2.94 bits per heavy atom. The van der Waals surface area contributed by atoms with Gasteiger partial charge in [-0.25, -0.2) is 0 Å². The van der Waals surface area contributed by atoms with E-state index in [1.807, 2.05) is 0 Å². The van der Waals surface area contributed by atoms with Crippen LogP contribution in [0.1, 0.15) is 11.4 Å². The average molecular weight is 255 g/mol. The molecule has 1 aromatic heterocycles. The standard InChI is InChI=1S/C10H11ClN4O2/c1-15-13-10(12-14-15)6-17-9-4-2-3-8(11)7(9)5-16/h2-4,16H,5-6H2,1H3. The number of benzene rings is 1. The molecule has 1 heterocycles. The minimum Gasteiger partial charge on any atom is -0.485 e. The van der Waals surface area contributed by atoms with Crippen molar-refractivity contribution in [2.24, 2.45) is 7.05 Å². The SMILES string of the molecule is Cn1nnc(COc2cccc(Cl)c2CO)n1. The number of rotatable bonds is 4. The van der Waals surface area contributed by atoms with Crippen molar-refractivity contribution >= 4 is 11.6 Å². The number of aromatic nitrogens is 4. The zero-order valence-electron chi connectivity index (χ0n) is 9.17. The molecule has 0 unspecified atom stereocenters. The summed E-state index contributed by atoms with van der Waals surface area (Å²) < 4.78 is 5.49. The fourth-order valence-corrected chi connectivity index (χ4v) is 1.58. The predicted molar refractivity (Wildman–Crippen MR) is 60.5 cm³/mol. The molecule has 2 aromatic rings. The van der Waals surface area contributed by atoms with Crippen LogP contribution in [-0.2, 0) is 20.3 Å². The van der Waals surface area contributed by atoms with Crippen molar-refractivity contribution in [1.82, 2.24) is 20.2 Å². The molecule has 90 valence electrons. The lowest BCUT2D eigenvalue weighted by molar-refractivity contribution is 0.255. The molecule has 0 atom stereocenters. The molecule has 0 spiro atoms. The summed E-state index contributed by atoms with van der Waals surface area (Å²) in [6.45, 7) is 0.00405. The summed E-state index contributed by atoms with van der Waals surface area (Å²) in [7, 11) is 1.68. The van der Waals surface area contributed by atoms with Crippen molar-refractivity contribution in [3.8, 4) is 5.75 Å². The summed E-state index contributed by atoms with van der Waals surface area (Å²) in [5.74, 6) is 0.990. The van der Waals surface area contributed by atoms with Crippen molar-refractivity contribution in [1.29, 1.82) is 0 Å². The monoisotopic (exact) mass is 254 g/mol. The van der Waals surface area contributed by atoms with Gasteiger partial charge in [0.15, 0.2) is 6.61 Å². The Balaban J connectivity index is 2.11. The molecule has 7 heteroatoms. The zero-order valence-corrected chi connectivity index (χ0v) is 9.92. The first kappa shape index (κ1) is 11.8. The molecule has 0 aliphatic carbocycles. The van der Waals surface area contributed by atoms with Crippen LogP contribution >= 0.6 is 11.6 Å². The second-order valence-electron chi connectivity index (χ2n) is 3.36. The maximum absolute atomic E-state index is 9.19. The van der Waals surface area contributed by atoms with Gasteiger partial charge in [0, 0.05) is 10.6 Å². The minimum atomic E-state index is -0.178. The third-order valence-electron chi connectivity index (χ3n) is 2.14. The van der Waals surface area contributed by atoms with Gasteiger partial charge in [-0.2, -0.15) is 4.80 Å². The molecule has 6 nitrogen and oxygen atoms in total. The van der Waals surface area contributed by atoms with E-state index in [9.17, 15) is 5.11 Å². The summed E-state index contributed by atoms with van der Waals surface area (Å²) >= 11 is 5.93. The van der Waals surface area contributed by atoms with E-state index < -0.39 is 0 Å². The van der Waals surface area contributed by atoms with Crippen molar-refractivity contribution in [2.45, 2.75) is 13.2 Å². The van der Waals surface area contributed by atoms with Crippen LogP contribution < -0.4 is 4.74 Å². The van der Waals surface area contributed by atoms with Crippen molar-refractivity contribution in [3.05, 3.63) is 34.6 Å². The number of aryl methyl sites for hydroxylation is 1. The molecule has 1 N–H and O–H groups in total. The predicted octanol–water partition coefficient (Wildman–Crippen LogP) is 0.935. The van der Waals surface area contributed by atoms with Gasteiger partial charge in [-0.05, 0) is 17.3 Å². The lowest BCUT2D eigenvalue weighted by atomic mass is 10.2. The van der Waals surface area contributed by atoms with E-state index >= 15 is 0 Å². The van der Waals surface area contributed by atoms with E-state index in [1.165, 1.54) is 4.80 Å². The molecule has 0 aliphatic rings. The van der Waals surface area contributed by atoms with Gasteiger partial charge in [0.1, 0.15) is 5.75 Å². The van der Waals surface area contributed by atoms with Crippen LogP contribution in [0.25, 0.3) is 0 Å². The Morgan fingerprint density at radius 1 is 1.47 bits per heavy atom. The second kappa shape index (κ2) is 5.11. The maximum atomic E-state index is 9.19. The van der Waals surface area contributed by atoms with Crippen molar-refractivity contribution < 1.29 is 9.84 Å². The Hall–Kier alpha value is -1.66. The van der Waals surface area contributed by atoms with Gasteiger partial charge in [0.25, 0.3) is 0 Å². The highest BCUT2D eigenvalue weighted by atomic mass is 35.5. The lowest BCUT2D eigenvalue weighted by Gasteiger charge is -2.09. The molecule has 1 aromatic carbocycles. The lowest BCUT2D eigenvalue weighted by Crippen LogP contribution is -2.01. The number of aliphatic hydroxyl groups excluding tert-OH is 1.